The van der Waals surface area contributed by atoms with Gasteiger partial charge >= 0.3 is 0 Å². The Balaban J connectivity index is 1.20. The molecule has 36 heavy (non-hydrogen) atoms. The molecule has 188 valence electrons. The van der Waals surface area contributed by atoms with Crippen LogP contribution in [0.15, 0.2) is 58.5 Å². The van der Waals surface area contributed by atoms with E-state index in [0.717, 1.165) is 22.6 Å². The summed E-state index contributed by atoms with van der Waals surface area (Å²) in [6.07, 6.45) is 6.65. The smallest absolute Gasteiger partial charge is 0.251 e. The largest absolute Gasteiger partial charge is 0.368 e. The number of hydrogen-bond donors (Lipinski definition) is 0. The monoisotopic (exact) mass is 543 g/mol. The van der Waals surface area contributed by atoms with Crippen molar-refractivity contribution in [1.82, 2.24) is 14.4 Å². The number of halogens is 2. The zero-order chi connectivity index (χ0) is 25.2. The van der Waals surface area contributed by atoms with Crippen LogP contribution in [0.5, 0.6) is 0 Å². The number of amides is 2. The number of rotatable bonds is 5. The zero-order valence-corrected chi connectivity index (χ0v) is 22.3. The highest BCUT2D eigenvalue weighted by Crippen LogP contribution is 2.40. The Kier molecular flexibility index (Phi) is 7.62. The molecule has 2 aliphatic heterocycles. The number of fused-ring (bicyclic) bond motifs is 1. The molecule has 6 nitrogen and oxygen atoms in total. The van der Waals surface area contributed by atoms with Crippen molar-refractivity contribution in [2.24, 2.45) is 7.05 Å². The van der Waals surface area contributed by atoms with E-state index >= 15 is 0 Å². The summed E-state index contributed by atoms with van der Waals surface area (Å²) in [6, 6.07) is 12.2. The summed E-state index contributed by atoms with van der Waals surface area (Å²) in [5, 5.41) is 2.05. The molecule has 0 spiro atoms. The molecule has 2 saturated heterocycles. The molecule has 3 aromatic rings. The number of aromatic nitrogens is 1. The average Bonchev–Trinajstić information content (AvgIpc) is 3.56. The van der Waals surface area contributed by atoms with Crippen LogP contribution in [0.25, 0.3) is 17.0 Å². The highest BCUT2D eigenvalue weighted by molar-refractivity contribution is 7.99. The molecule has 0 bridgehead atoms. The second-order valence-corrected chi connectivity index (χ2v) is 10.9. The van der Waals surface area contributed by atoms with Crippen molar-refractivity contribution in [3.05, 3.63) is 64.3 Å². The highest BCUT2D eigenvalue weighted by atomic mass is 35.5. The molecule has 3 heterocycles. The van der Waals surface area contributed by atoms with E-state index in [9.17, 15) is 9.59 Å². The molecule has 1 atom stereocenters. The summed E-state index contributed by atoms with van der Waals surface area (Å²) in [5.41, 5.74) is 1.86. The maximum atomic E-state index is 12.7. The number of ether oxygens (including phenoxy) is 1. The fraction of sp³-hybridized carbons (Fsp3) is 0.333. The average molecular weight is 545 g/mol. The number of hydrogen-bond acceptors (Lipinski definition) is 4. The van der Waals surface area contributed by atoms with Crippen LogP contribution in [0, 0.1) is 0 Å². The number of aryl methyl sites for hydroxylation is 1. The lowest BCUT2D eigenvalue weighted by Gasteiger charge is -2.35. The van der Waals surface area contributed by atoms with Crippen molar-refractivity contribution in [2.75, 3.05) is 32.8 Å². The lowest BCUT2D eigenvalue weighted by molar-refractivity contribution is -0.144. The van der Waals surface area contributed by atoms with Crippen LogP contribution in [-0.4, -0.2) is 65.1 Å². The number of benzene rings is 2. The number of carbonyl (C=O) groups excluding carboxylic acids is 2. The van der Waals surface area contributed by atoms with Gasteiger partial charge in [0.2, 0.25) is 5.91 Å². The maximum Gasteiger partial charge on any atom is 0.251 e. The van der Waals surface area contributed by atoms with Crippen molar-refractivity contribution in [3.8, 4) is 0 Å². The molecule has 0 aliphatic carbocycles. The molecule has 2 aliphatic rings. The van der Waals surface area contributed by atoms with Gasteiger partial charge in [-0.05, 0) is 54.8 Å². The van der Waals surface area contributed by atoms with Crippen LogP contribution in [0.1, 0.15) is 18.4 Å². The van der Waals surface area contributed by atoms with Crippen molar-refractivity contribution < 1.29 is 14.3 Å². The highest BCUT2D eigenvalue weighted by Gasteiger charge is 2.31. The van der Waals surface area contributed by atoms with E-state index in [-0.39, 0.29) is 17.9 Å². The van der Waals surface area contributed by atoms with E-state index in [2.05, 4.69) is 28.8 Å². The first-order valence-electron chi connectivity index (χ1n) is 12.0. The molecular weight excluding hydrogens is 517 g/mol. The van der Waals surface area contributed by atoms with E-state index < -0.39 is 0 Å². The normalized spacial score (nSPS) is 18.5. The Morgan fingerprint density at radius 2 is 1.81 bits per heavy atom. The van der Waals surface area contributed by atoms with Crippen molar-refractivity contribution in [3.63, 3.8) is 0 Å². The Hall–Kier alpha value is -2.45. The number of carbonyl (C=O) groups is 2. The molecule has 1 unspecified atom stereocenters. The van der Waals surface area contributed by atoms with Crippen LogP contribution < -0.4 is 0 Å². The molecule has 0 saturated carbocycles. The van der Waals surface area contributed by atoms with Crippen LogP contribution >= 0.6 is 35.0 Å². The predicted molar refractivity (Wildman–Crippen MR) is 145 cm³/mol. The first-order chi connectivity index (χ1) is 17.4. The Bertz CT molecular complexity index is 1330. The van der Waals surface area contributed by atoms with Gasteiger partial charge in [0.1, 0.15) is 6.10 Å². The van der Waals surface area contributed by atoms with Crippen LogP contribution in [-0.2, 0) is 21.4 Å². The molecule has 2 amide bonds. The summed E-state index contributed by atoms with van der Waals surface area (Å²) >= 11 is 14.7. The van der Waals surface area contributed by atoms with Gasteiger partial charge < -0.3 is 19.1 Å². The molecule has 2 aromatic carbocycles. The van der Waals surface area contributed by atoms with Gasteiger partial charge in [-0.2, -0.15) is 0 Å². The third-order valence-electron chi connectivity index (χ3n) is 6.67. The van der Waals surface area contributed by atoms with Crippen LogP contribution in [0.2, 0.25) is 10.0 Å². The Labute approximate surface area is 224 Å². The van der Waals surface area contributed by atoms with Gasteiger partial charge in [-0.15, -0.1) is 0 Å². The quantitative estimate of drug-likeness (QED) is 0.398. The SMILES string of the molecule is Cn1ccc2cc(Sc3ccc(C=CC(=O)N4CCN(C(=O)C5CCCO5)CC4)c(Cl)c3Cl)ccc21. The minimum Gasteiger partial charge on any atom is -0.368 e. The van der Waals surface area contributed by atoms with Gasteiger partial charge in [0, 0.05) is 72.8 Å². The Morgan fingerprint density at radius 1 is 1.03 bits per heavy atom. The van der Waals surface area contributed by atoms with Crippen molar-refractivity contribution in [2.45, 2.75) is 28.7 Å². The minimum atomic E-state index is -0.318. The van der Waals surface area contributed by atoms with Gasteiger partial charge in [-0.3, -0.25) is 9.59 Å². The lowest BCUT2D eigenvalue weighted by atomic mass is 10.2. The number of piperazine rings is 1. The standard InChI is InChI=1S/C27H27Cl2N3O3S/c1-30-11-10-19-17-20(6-7-21(19)30)36-23-8-4-18(25(28)26(23)29)5-9-24(33)31-12-14-32(15-13-31)27(34)22-3-2-16-35-22/h4-11,17,22H,2-3,12-16H2,1H3. The molecule has 0 radical (unpaired) electrons. The molecule has 0 N–H and O–H groups in total. The molecule has 9 heteroatoms. The third kappa shape index (κ3) is 5.30. The Morgan fingerprint density at radius 3 is 2.56 bits per heavy atom. The lowest BCUT2D eigenvalue weighted by Crippen LogP contribution is -2.52. The summed E-state index contributed by atoms with van der Waals surface area (Å²) in [6.45, 7) is 2.68. The van der Waals surface area contributed by atoms with E-state index in [1.54, 1.807) is 27.6 Å². The second kappa shape index (κ2) is 10.9. The molecule has 1 aromatic heterocycles. The summed E-state index contributed by atoms with van der Waals surface area (Å²) in [7, 11) is 2.02. The van der Waals surface area contributed by atoms with Gasteiger partial charge in [0.25, 0.3) is 5.91 Å². The van der Waals surface area contributed by atoms with Crippen molar-refractivity contribution >= 4 is 63.8 Å². The summed E-state index contributed by atoms with van der Waals surface area (Å²) in [5.74, 6) is -0.0702. The van der Waals surface area contributed by atoms with Gasteiger partial charge in [-0.1, -0.05) is 41.0 Å². The van der Waals surface area contributed by atoms with Gasteiger partial charge in [0.15, 0.2) is 0 Å². The third-order valence-corrected chi connectivity index (χ3v) is 8.73. The van der Waals surface area contributed by atoms with Crippen molar-refractivity contribution in [1.29, 1.82) is 0 Å². The number of nitrogens with zero attached hydrogens (tertiary/aromatic N) is 3. The second-order valence-electron chi connectivity index (χ2n) is 9.02. The molecule has 2 fully saturated rings. The fourth-order valence-electron chi connectivity index (χ4n) is 4.59. The predicted octanol–water partition coefficient (Wildman–Crippen LogP) is 5.50. The van der Waals surface area contributed by atoms with E-state index in [4.69, 9.17) is 27.9 Å². The minimum absolute atomic E-state index is 0.0400. The summed E-state index contributed by atoms with van der Waals surface area (Å²) in [4.78, 5) is 30.7. The van der Waals surface area contributed by atoms with E-state index in [1.807, 2.05) is 25.4 Å². The van der Waals surface area contributed by atoms with Crippen LogP contribution in [0.4, 0.5) is 0 Å². The van der Waals surface area contributed by atoms with Gasteiger partial charge in [0.05, 0.1) is 10.0 Å². The van der Waals surface area contributed by atoms with Gasteiger partial charge in [-0.25, -0.2) is 0 Å². The maximum absolute atomic E-state index is 12.7. The van der Waals surface area contributed by atoms with E-state index in [0.29, 0.717) is 48.4 Å². The van der Waals surface area contributed by atoms with Crippen LogP contribution in [0.3, 0.4) is 0 Å². The molecular formula is C27H27Cl2N3O3S. The van der Waals surface area contributed by atoms with E-state index in [1.165, 1.54) is 17.0 Å². The zero-order valence-electron chi connectivity index (χ0n) is 20.0. The first-order valence-corrected chi connectivity index (χ1v) is 13.6. The first kappa shape index (κ1) is 25.2. The molecule has 5 rings (SSSR count). The topological polar surface area (TPSA) is 54.8 Å². The summed E-state index contributed by atoms with van der Waals surface area (Å²) < 4.78 is 7.59. The fourth-order valence-corrected chi connectivity index (χ4v) is 6.07.